The summed E-state index contributed by atoms with van der Waals surface area (Å²) in [7, 11) is 0. The Bertz CT molecular complexity index is 2660. The normalized spacial score (nSPS) is 55.0. The molecule has 0 unspecified atom stereocenters. The molecule has 10 fully saturated rings. The second-order valence-corrected chi connectivity index (χ2v) is 31.1. The van der Waals surface area contributed by atoms with Gasteiger partial charge in [-0.15, -0.1) is 0 Å². The average molecular weight is 1350 g/mol. The van der Waals surface area contributed by atoms with Gasteiger partial charge >= 0.3 is 5.97 Å². The number of carbonyl (C=O) groups excluding carboxylic acids is 1. The summed E-state index contributed by atoms with van der Waals surface area (Å²) >= 11 is 0. The van der Waals surface area contributed by atoms with Gasteiger partial charge in [-0.25, -0.2) is 0 Å². The van der Waals surface area contributed by atoms with Gasteiger partial charge in [0.2, 0.25) is 6.29 Å². The molecule has 6 saturated heterocycles. The van der Waals surface area contributed by atoms with Gasteiger partial charge in [-0.05, 0) is 116 Å². The number of allylic oxidation sites excluding steroid dienone is 2. The number of esters is 1. The first-order chi connectivity index (χ1) is 43.9. The second kappa shape index (κ2) is 27.1. The van der Waals surface area contributed by atoms with Crippen molar-refractivity contribution in [3.63, 3.8) is 0 Å². The zero-order chi connectivity index (χ0) is 68.6. The van der Waals surface area contributed by atoms with Gasteiger partial charge in [0.15, 0.2) is 37.6 Å². The van der Waals surface area contributed by atoms with E-state index in [1.54, 1.807) is 0 Å². The van der Waals surface area contributed by atoms with Crippen LogP contribution in [0.5, 0.6) is 0 Å². The van der Waals surface area contributed by atoms with Crippen molar-refractivity contribution < 1.29 is 148 Å². The van der Waals surface area contributed by atoms with E-state index >= 15 is 4.79 Å². The zero-order valence-electron chi connectivity index (χ0n) is 54.7. The van der Waals surface area contributed by atoms with Crippen molar-refractivity contribution >= 4 is 5.97 Å². The molecule has 6 aliphatic heterocycles. The van der Waals surface area contributed by atoms with Gasteiger partial charge in [-0.1, -0.05) is 60.1 Å². The van der Waals surface area contributed by atoms with E-state index < -0.39 is 244 Å². The fraction of sp³-hybridized carbons (Fsp3) is 0.953. The van der Waals surface area contributed by atoms with Gasteiger partial charge in [0.25, 0.3) is 0 Å². The smallest absolute Gasteiger partial charge is 0.317 e. The Morgan fingerprint density at radius 2 is 1.00 bits per heavy atom. The number of aliphatic hydroxyl groups is 17. The van der Waals surface area contributed by atoms with E-state index in [0.717, 1.165) is 5.57 Å². The first kappa shape index (κ1) is 73.3. The lowest BCUT2D eigenvalue weighted by molar-refractivity contribution is -0.366. The molecule has 17 N–H and O–H groups in total. The molecular weight excluding hydrogens is 1250 g/mol. The van der Waals surface area contributed by atoms with Crippen molar-refractivity contribution in [2.45, 2.75) is 304 Å². The molecule has 0 bridgehead atoms. The zero-order valence-corrected chi connectivity index (χ0v) is 54.7. The van der Waals surface area contributed by atoms with E-state index in [2.05, 4.69) is 54.5 Å². The monoisotopic (exact) mass is 1350 g/mol. The Balaban J connectivity index is 0.812. The first-order valence-electron chi connectivity index (χ1n) is 33.5. The maximum absolute atomic E-state index is 15.8. The second-order valence-electron chi connectivity index (χ2n) is 31.1. The number of hydrogen-bond donors (Lipinski definition) is 17. The molecule has 0 radical (unpaired) electrons. The van der Waals surface area contributed by atoms with E-state index in [4.69, 9.17) is 56.8 Å². The molecule has 0 aromatic rings. The molecular formula is C64H104O30. The molecule has 94 heavy (non-hydrogen) atoms. The van der Waals surface area contributed by atoms with Crippen molar-refractivity contribution in [2.24, 2.45) is 50.2 Å². The number of carbonyl (C=O) groups is 1. The minimum absolute atomic E-state index is 0.00822. The molecule has 37 atom stereocenters. The third-order valence-corrected chi connectivity index (χ3v) is 24.8. The van der Waals surface area contributed by atoms with Crippen LogP contribution in [0.4, 0.5) is 0 Å². The fourth-order valence-electron chi connectivity index (χ4n) is 18.7. The van der Waals surface area contributed by atoms with Crippen molar-refractivity contribution in [1.82, 2.24) is 0 Å². The van der Waals surface area contributed by atoms with Crippen LogP contribution in [0.1, 0.15) is 120 Å². The molecule has 30 heteroatoms. The van der Waals surface area contributed by atoms with Gasteiger partial charge in [0.1, 0.15) is 121 Å². The maximum atomic E-state index is 15.8. The molecule has 0 aromatic carbocycles. The molecule has 540 valence electrons. The third kappa shape index (κ3) is 12.5. The molecule has 11 rings (SSSR count). The summed E-state index contributed by atoms with van der Waals surface area (Å²) in [6.07, 6.45) is -40.4. The number of aliphatic hydroxyl groups excluding tert-OH is 17. The topological polar surface area (TPSA) is 472 Å². The number of hydrogen-bond acceptors (Lipinski definition) is 30. The number of ether oxygens (including phenoxy) is 12. The molecule has 0 aromatic heterocycles. The number of rotatable bonds is 14. The molecule has 6 heterocycles. The van der Waals surface area contributed by atoms with Crippen LogP contribution in [0.15, 0.2) is 11.6 Å². The summed E-state index contributed by atoms with van der Waals surface area (Å²) in [5, 5.41) is 187. The van der Waals surface area contributed by atoms with Crippen LogP contribution in [-0.4, -0.2) is 303 Å². The fourth-order valence-corrected chi connectivity index (χ4v) is 18.7. The Morgan fingerprint density at radius 3 is 1.64 bits per heavy atom. The average Bonchev–Trinajstić information content (AvgIpc) is 0.672. The van der Waals surface area contributed by atoms with E-state index in [9.17, 15) is 86.8 Å². The highest BCUT2D eigenvalue weighted by molar-refractivity contribution is 5.80. The van der Waals surface area contributed by atoms with E-state index in [1.165, 1.54) is 13.8 Å². The lowest BCUT2D eigenvalue weighted by Crippen LogP contribution is -2.68. The lowest BCUT2D eigenvalue weighted by atomic mass is 9.33. The largest absolute Gasteiger partial charge is 0.432 e. The van der Waals surface area contributed by atoms with Crippen LogP contribution in [-0.2, 0) is 61.6 Å². The summed E-state index contributed by atoms with van der Waals surface area (Å²) in [6.45, 7) is 16.1. The highest BCUT2D eigenvalue weighted by Crippen LogP contribution is 2.76. The molecule has 5 aliphatic carbocycles. The Labute approximate surface area is 545 Å². The van der Waals surface area contributed by atoms with Crippen molar-refractivity contribution in [3.05, 3.63) is 11.6 Å². The van der Waals surface area contributed by atoms with Gasteiger partial charge in [0, 0.05) is 0 Å². The van der Waals surface area contributed by atoms with Crippen LogP contribution in [0.2, 0.25) is 0 Å². The molecule has 11 aliphatic rings. The minimum atomic E-state index is -1.99. The van der Waals surface area contributed by atoms with Gasteiger partial charge in [-0.3, -0.25) is 4.79 Å². The van der Waals surface area contributed by atoms with Crippen molar-refractivity contribution in [1.29, 1.82) is 0 Å². The summed E-state index contributed by atoms with van der Waals surface area (Å²) in [4.78, 5) is 15.8. The first-order valence-corrected chi connectivity index (χ1v) is 33.5. The molecule has 4 saturated carbocycles. The third-order valence-electron chi connectivity index (χ3n) is 24.8. The lowest BCUT2D eigenvalue weighted by Gasteiger charge is -2.71. The van der Waals surface area contributed by atoms with Gasteiger partial charge in [-0.2, -0.15) is 0 Å². The van der Waals surface area contributed by atoms with Crippen LogP contribution in [0.3, 0.4) is 0 Å². The number of fused-ring (bicyclic) bond motifs is 7. The summed E-state index contributed by atoms with van der Waals surface area (Å²) < 4.78 is 71.6. The van der Waals surface area contributed by atoms with Crippen LogP contribution in [0.25, 0.3) is 0 Å². The summed E-state index contributed by atoms with van der Waals surface area (Å²) in [6, 6.07) is 0. The predicted octanol–water partition coefficient (Wildman–Crippen LogP) is -4.08. The molecule has 0 amide bonds. The highest BCUT2D eigenvalue weighted by atomic mass is 16.8. The van der Waals surface area contributed by atoms with E-state index in [1.807, 2.05) is 0 Å². The minimum Gasteiger partial charge on any atom is -0.432 e. The standard InChI is InChI=1S/C64H104O30/c1-24-36(68)42(74)47(79)52(87-24)85-22-31-41(73)45(77)51(93-54-48(80)43(75)37(69)25(2)88-54)57(90-31)94-58(82)64-17-16-59(3,4)18-27(64)26-10-11-33-61(7)14-13-35(60(5,6)32(61)12-15-62(33,8)63(26,9)19-34(64)67)91-55-49(81)44(76)40(72)30(89-55)23-86-56-50(39(71)29(66)21-84-56)92-53-46(78)38(70)28(65)20-83-53/h10,24-25,27-57,65-81H,11-23H2,1-9H3/t24-,25-,27-,28+,29-,30+,31+,32-,33+,34+,35-,36-,37-,38-,39-,40+,41+,42+,43+,44-,45-,46+,47+,48+,49+,50+,51+,52+,53-,54-,55-,56-,57-,61-,62+,63+,64+/m0/s1. The molecule has 30 nitrogen and oxygen atoms in total. The van der Waals surface area contributed by atoms with Gasteiger partial charge < -0.3 is 144 Å². The Kier molecular flexibility index (Phi) is 21.2. The van der Waals surface area contributed by atoms with Crippen LogP contribution >= 0.6 is 0 Å². The predicted molar refractivity (Wildman–Crippen MR) is 315 cm³/mol. The Hall–Kier alpha value is -1.91. The summed E-state index contributed by atoms with van der Waals surface area (Å²) in [5.41, 5.74) is -3.04. The van der Waals surface area contributed by atoms with Crippen molar-refractivity contribution in [2.75, 3.05) is 26.4 Å². The van der Waals surface area contributed by atoms with E-state index in [0.29, 0.717) is 44.9 Å². The maximum Gasteiger partial charge on any atom is 0.317 e. The van der Waals surface area contributed by atoms with Crippen molar-refractivity contribution in [3.8, 4) is 0 Å². The highest BCUT2D eigenvalue weighted by Gasteiger charge is 2.72. The quantitative estimate of drug-likeness (QED) is 0.0447. The van der Waals surface area contributed by atoms with Crippen LogP contribution < -0.4 is 0 Å². The Morgan fingerprint density at radius 1 is 0.489 bits per heavy atom. The van der Waals surface area contributed by atoms with Crippen LogP contribution in [0, 0.1) is 50.2 Å². The SMILES string of the molecule is C[C@@H]1O[C@@H](OC[C@H]2O[C@@H](OC(=O)[C@]34CCC(C)(C)C[C@H]3C3=CC[C@@H]5[C@@]6(C)CC[C@H](O[C@@H]7O[C@H](CO[C@@H]8OC[C@H](O)[C@H](O)[C@H]8O[C@@H]8OC[C@@H](O)[C@H](O)[C@H]8O)[C@@H](O)[C@H](O)[C@H]7O)C(C)(C)[C@@H]6CC[C@@]5(C)[C@]3(C)C[C@H]4O)[C@H](O[C@@H]3O[C@@H](C)[C@H](O)[C@@H](O)[C@H]3O)[C@@H](O)[C@@H]2O)[C@H](O)[C@H](O)[C@H]1O. The molecule has 0 spiro atoms. The summed E-state index contributed by atoms with van der Waals surface area (Å²) in [5.74, 6) is -1.45. The van der Waals surface area contributed by atoms with Gasteiger partial charge in [0.05, 0.1) is 50.8 Å². The van der Waals surface area contributed by atoms with E-state index in [-0.39, 0.29) is 35.5 Å².